The molecule has 0 aliphatic rings. The largest absolute Gasteiger partial charge is 0.488 e. The molecular weight excluding hydrogens is 478 g/mol. The van der Waals surface area contributed by atoms with Gasteiger partial charge < -0.3 is 4.74 Å². The van der Waals surface area contributed by atoms with Crippen molar-refractivity contribution in [3.8, 4) is 16.9 Å². The Morgan fingerprint density at radius 2 is 1.61 bits per heavy atom. The van der Waals surface area contributed by atoms with Gasteiger partial charge in [0.2, 0.25) is 0 Å². The Hall–Kier alpha value is -4.49. The number of hydrogen-bond acceptors (Lipinski definition) is 5. The van der Waals surface area contributed by atoms with Gasteiger partial charge in [-0.3, -0.25) is 14.9 Å². The Morgan fingerprint density at radius 3 is 2.33 bits per heavy atom. The first-order valence-corrected chi connectivity index (χ1v) is 11.5. The summed E-state index contributed by atoms with van der Waals surface area (Å²) >= 11 is 5.85. The van der Waals surface area contributed by atoms with E-state index in [2.05, 4.69) is 10.5 Å². The highest BCUT2D eigenvalue weighted by molar-refractivity contribution is 6.32. The number of nitro benzene ring substituents is 1. The van der Waals surface area contributed by atoms with Crippen LogP contribution in [0.1, 0.15) is 28.4 Å². The smallest absolute Gasteiger partial charge is 0.288 e. The SMILES string of the molecule is C/C(=N\NC(=O)c1ccc(COc2ccccc2-c2ccccc2)cc1)c1ccc(Cl)c([N+](=O)[O-])c1. The van der Waals surface area contributed by atoms with Gasteiger partial charge >= 0.3 is 0 Å². The van der Waals surface area contributed by atoms with E-state index in [-0.39, 0.29) is 10.7 Å². The van der Waals surface area contributed by atoms with Gasteiger partial charge in [-0.25, -0.2) is 5.43 Å². The minimum Gasteiger partial charge on any atom is -0.488 e. The van der Waals surface area contributed by atoms with Gasteiger partial charge in [-0.2, -0.15) is 5.10 Å². The van der Waals surface area contributed by atoms with Crippen molar-refractivity contribution in [2.75, 3.05) is 0 Å². The summed E-state index contributed by atoms with van der Waals surface area (Å²) in [5.74, 6) is 0.373. The van der Waals surface area contributed by atoms with Gasteiger partial charge in [-0.15, -0.1) is 0 Å². The summed E-state index contributed by atoms with van der Waals surface area (Å²) in [6.45, 7) is 1.99. The molecule has 36 heavy (non-hydrogen) atoms. The molecule has 0 saturated carbocycles. The second-order valence-electron chi connectivity index (χ2n) is 7.91. The molecule has 4 rings (SSSR count). The molecule has 0 fully saturated rings. The lowest BCUT2D eigenvalue weighted by atomic mass is 10.0. The van der Waals surface area contributed by atoms with Gasteiger partial charge in [0.25, 0.3) is 11.6 Å². The van der Waals surface area contributed by atoms with Crippen LogP contribution < -0.4 is 10.2 Å². The van der Waals surface area contributed by atoms with Gasteiger partial charge in [-0.05, 0) is 42.3 Å². The molecular formula is C28H22ClN3O4. The van der Waals surface area contributed by atoms with Crippen LogP contribution in [-0.2, 0) is 6.61 Å². The number of halogens is 1. The van der Waals surface area contributed by atoms with E-state index >= 15 is 0 Å². The molecule has 0 aromatic heterocycles. The highest BCUT2D eigenvalue weighted by Crippen LogP contribution is 2.30. The zero-order valence-electron chi connectivity index (χ0n) is 19.4. The fourth-order valence-corrected chi connectivity index (χ4v) is 3.69. The molecule has 7 nitrogen and oxygen atoms in total. The van der Waals surface area contributed by atoms with Crippen molar-refractivity contribution >= 4 is 28.9 Å². The Bertz CT molecular complexity index is 1420. The molecule has 0 bridgehead atoms. The van der Waals surface area contributed by atoms with E-state index in [1.54, 1.807) is 25.1 Å². The van der Waals surface area contributed by atoms with E-state index in [1.807, 2.05) is 66.7 Å². The summed E-state index contributed by atoms with van der Waals surface area (Å²) in [5, 5.41) is 15.2. The number of ether oxygens (including phenoxy) is 1. The summed E-state index contributed by atoms with van der Waals surface area (Å²) in [5.41, 5.74) is 6.55. The first-order valence-electron chi connectivity index (χ1n) is 11.1. The number of nitrogens with zero attached hydrogens (tertiary/aromatic N) is 2. The first-order chi connectivity index (χ1) is 17.4. The van der Waals surface area contributed by atoms with Crippen molar-refractivity contribution in [1.29, 1.82) is 0 Å². The monoisotopic (exact) mass is 499 g/mol. The molecule has 0 unspecified atom stereocenters. The normalized spacial score (nSPS) is 11.1. The number of carbonyl (C=O) groups excluding carboxylic acids is 1. The summed E-state index contributed by atoms with van der Waals surface area (Å²) in [6.07, 6.45) is 0. The molecule has 0 heterocycles. The Labute approximate surface area is 213 Å². The molecule has 0 radical (unpaired) electrons. The predicted molar refractivity (Wildman–Crippen MR) is 140 cm³/mol. The third kappa shape index (κ3) is 5.95. The average Bonchev–Trinajstić information content (AvgIpc) is 2.91. The zero-order chi connectivity index (χ0) is 25.5. The highest BCUT2D eigenvalue weighted by atomic mass is 35.5. The maximum Gasteiger partial charge on any atom is 0.288 e. The second-order valence-corrected chi connectivity index (χ2v) is 8.32. The Balaban J connectivity index is 1.39. The lowest BCUT2D eigenvalue weighted by molar-refractivity contribution is -0.384. The van der Waals surface area contributed by atoms with Gasteiger partial charge in [-0.1, -0.05) is 78.3 Å². The molecule has 8 heteroatoms. The van der Waals surface area contributed by atoms with E-state index in [0.29, 0.717) is 23.4 Å². The highest BCUT2D eigenvalue weighted by Gasteiger charge is 2.14. The first kappa shape index (κ1) is 24.6. The summed E-state index contributed by atoms with van der Waals surface area (Å²) in [7, 11) is 0. The Kier molecular flexibility index (Phi) is 7.72. The fourth-order valence-electron chi connectivity index (χ4n) is 3.50. The molecule has 0 aliphatic heterocycles. The van der Waals surface area contributed by atoms with Crippen LogP contribution in [0.15, 0.2) is 102 Å². The number of carbonyl (C=O) groups is 1. The molecule has 0 atom stereocenters. The second kappa shape index (κ2) is 11.3. The number of nitrogens with one attached hydrogen (secondary N) is 1. The quantitative estimate of drug-likeness (QED) is 0.167. The van der Waals surface area contributed by atoms with E-state index < -0.39 is 10.8 Å². The predicted octanol–water partition coefficient (Wildman–Crippen LogP) is 6.65. The summed E-state index contributed by atoms with van der Waals surface area (Å²) in [6, 6.07) is 29.2. The van der Waals surface area contributed by atoms with Crippen molar-refractivity contribution in [1.82, 2.24) is 5.43 Å². The zero-order valence-corrected chi connectivity index (χ0v) is 20.1. The number of rotatable bonds is 8. The molecule has 1 N–H and O–H groups in total. The summed E-state index contributed by atoms with van der Waals surface area (Å²) < 4.78 is 6.06. The van der Waals surface area contributed by atoms with Crippen LogP contribution in [0.2, 0.25) is 5.02 Å². The molecule has 0 aliphatic carbocycles. The van der Waals surface area contributed by atoms with Gasteiger partial charge in [0.1, 0.15) is 17.4 Å². The van der Waals surface area contributed by atoms with Crippen molar-refractivity contribution < 1.29 is 14.5 Å². The van der Waals surface area contributed by atoms with Crippen molar-refractivity contribution in [3.05, 3.63) is 129 Å². The van der Waals surface area contributed by atoms with Gasteiger partial charge in [0.05, 0.1) is 10.6 Å². The molecule has 4 aromatic rings. The van der Waals surface area contributed by atoms with E-state index in [0.717, 1.165) is 22.4 Å². The number of hydrogen-bond donors (Lipinski definition) is 1. The van der Waals surface area contributed by atoms with Gasteiger partial charge in [0.15, 0.2) is 0 Å². The van der Waals surface area contributed by atoms with Crippen LogP contribution in [0.3, 0.4) is 0 Å². The maximum absolute atomic E-state index is 12.5. The van der Waals surface area contributed by atoms with Crippen LogP contribution >= 0.6 is 11.6 Å². The van der Waals surface area contributed by atoms with Crippen LogP contribution in [-0.4, -0.2) is 16.5 Å². The standard InChI is InChI=1S/C28H22ClN3O4/c1-19(23-15-16-25(29)26(17-23)32(34)35)30-31-28(33)22-13-11-20(12-14-22)18-36-27-10-6-5-9-24(27)21-7-3-2-4-8-21/h2-17H,18H2,1H3,(H,31,33)/b30-19+. The lowest BCUT2D eigenvalue weighted by Gasteiger charge is -2.12. The molecule has 0 spiro atoms. The summed E-state index contributed by atoms with van der Waals surface area (Å²) in [4.78, 5) is 23.0. The van der Waals surface area contributed by atoms with Gasteiger partial charge in [0, 0.05) is 22.8 Å². The third-order valence-corrected chi connectivity index (χ3v) is 5.79. The van der Waals surface area contributed by atoms with Crippen LogP contribution in [0.4, 0.5) is 5.69 Å². The number of amides is 1. The van der Waals surface area contributed by atoms with E-state index in [4.69, 9.17) is 16.3 Å². The van der Waals surface area contributed by atoms with Crippen molar-refractivity contribution in [2.45, 2.75) is 13.5 Å². The van der Waals surface area contributed by atoms with E-state index in [1.165, 1.54) is 12.1 Å². The molecule has 180 valence electrons. The lowest BCUT2D eigenvalue weighted by Crippen LogP contribution is -2.19. The molecule has 0 saturated heterocycles. The molecule has 4 aromatic carbocycles. The van der Waals surface area contributed by atoms with Crippen molar-refractivity contribution in [3.63, 3.8) is 0 Å². The topological polar surface area (TPSA) is 93.8 Å². The minimum absolute atomic E-state index is 0.0354. The van der Waals surface area contributed by atoms with Crippen LogP contribution in [0.25, 0.3) is 11.1 Å². The number of para-hydroxylation sites is 1. The van der Waals surface area contributed by atoms with E-state index in [9.17, 15) is 14.9 Å². The number of hydrazone groups is 1. The van der Waals surface area contributed by atoms with Crippen LogP contribution in [0.5, 0.6) is 5.75 Å². The number of nitro groups is 1. The maximum atomic E-state index is 12.5. The molecule has 1 amide bonds. The van der Waals surface area contributed by atoms with Crippen molar-refractivity contribution in [2.24, 2.45) is 5.10 Å². The van der Waals surface area contributed by atoms with Crippen LogP contribution in [0, 0.1) is 10.1 Å². The average molecular weight is 500 g/mol. The Morgan fingerprint density at radius 1 is 0.944 bits per heavy atom. The minimum atomic E-state index is -0.566. The number of benzene rings is 4. The third-order valence-electron chi connectivity index (χ3n) is 5.47. The fraction of sp³-hybridized carbons (Fsp3) is 0.0714.